The zero-order chi connectivity index (χ0) is 67.5. The van der Waals surface area contributed by atoms with Crippen LogP contribution < -0.4 is 5.11 Å². The first-order valence-corrected chi connectivity index (χ1v) is 41.1. The number of carboxylic acid groups (broad SMARTS) is 1. The lowest BCUT2D eigenvalue weighted by Crippen LogP contribution is -2.44. The number of quaternary nitrogens is 1. The predicted octanol–water partition coefficient (Wildman–Crippen LogP) is 24.9. The van der Waals surface area contributed by atoms with Crippen molar-refractivity contribution in [3.63, 3.8) is 0 Å². The summed E-state index contributed by atoms with van der Waals surface area (Å²) < 4.78 is 22.9. The molecule has 0 amide bonds. The summed E-state index contributed by atoms with van der Waals surface area (Å²) >= 11 is 0. The first-order chi connectivity index (χ1) is 45.6. The molecule has 0 fully saturated rings. The Hall–Kier alpha value is -2.49. The SMILES string of the molecule is CCCCCCC/C=C\C/C=C\CCCCCCCCCCCCCCCCCCCCCCCCCCCCCC(=O)OC(COC(=O)CCCCCCCCCCCCCCCCCCC/C=C\CCCCCCCCCC)COC(OCC[N+](C)(C)C)C(=O)[O-]. The number of hydrogen-bond donors (Lipinski definition) is 0. The summed E-state index contributed by atoms with van der Waals surface area (Å²) in [6.07, 6.45) is 94.3. The van der Waals surface area contributed by atoms with Gasteiger partial charge in [-0.15, -0.1) is 0 Å². The van der Waals surface area contributed by atoms with Crippen LogP contribution in [0.2, 0.25) is 0 Å². The van der Waals surface area contributed by atoms with Gasteiger partial charge in [0.1, 0.15) is 13.2 Å². The van der Waals surface area contributed by atoms with Crippen LogP contribution in [-0.2, 0) is 33.3 Å². The quantitative estimate of drug-likeness (QED) is 0.0195. The first kappa shape index (κ1) is 90.5. The van der Waals surface area contributed by atoms with Crippen molar-refractivity contribution in [2.24, 2.45) is 0 Å². The van der Waals surface area contributed by atoms with E-state index in [9.17, 15) is 19.5 Å². The maximum atomic E-state index is 13.0. The smallest absolute Gasteiger partial charge is 0.306 e. The van der Waals surface area contributed by atoms with Gasteiger partial charge in [-0.25, -0.2) is 0 Å². The lowest BCUT2D eigenvalue weighted by Gasteiger charge is -2.26. The number of allylic oxidation sites excluding steroid dienone is 6. The largest absolute Gasteiger partial charge is 0.545 e. The van der Waals surface area contributed by atoms with Crippen LogP contribution in [0.25, 0.3) is 0 Å². The number of rotatable bonds is 78. The molecule has 2 unspecified atom stereocenters. The fourth-order valence-corrected chi connectivity index (χ4v) is 12.6. The molecule has 9 heteroatoms. The third kappa shape index (κ3) is 76.7. The van der Waals surface area contributed by atoms with E-state index >= 15 is 0 Å². The number of esters is 2. The second-order valence-electron chi connectivity index (χ2n) is 29.4. The van der Waals surface area contributed by atoms with Gasteiger partial charge in [-0.3, -0.25) is 9.59 Å². The molecule has 0 bridgehead atoms. The molecule has 0 aromatic rings. The molecule has 0 aromatic heterocycles. The van der Waals surface area contributed by atoms with Crippen LogP contribution in [0.3, 0.4) is 0 Å². The maximum Gasteiger partial charge on any atom is 0.306 e. The number of ether oxygens (including phenoxy) is 4. The standard InChI is InChI=1S/C84H159NO8/c1-6-8-10-12-14-16-18-20-22-24-26-28-30-32-34-36-37-38-39-40-41-42-43-44-45-47-49-51-53-55-57-59-61-63-65-67-69-71-73-75-82(87)93-80(79-92-84(83(88)89)90-77-76-85(3,4)5)78-91-81(86)74-72-70-68-66-64-62-60-58-56-54-52-50-48-46-35-33-31-29-27-25-23-21-19-17-15-13-11-9-7-2/h18,20,24-27,80,84H,6-17,19,21-23,28-79H2,1-5H3/b20-18-,26-24-,27-25-. The molecule has 9 nitrogen and oxygen atoms in total. The number of aliphatic carboxylic acids is 1. The van der Waals surface area contributed by atoms with E-state index in [4.69, 9.17) is 18.9 Å². The van der Waals surface area contributed by atoms with Crippen molar-refractivity contribution >= 4 is 17.9 Å². The summed E-state index contributed by atoms with van der Waals surface area (Å²) in [6.45, 7) is 4.82. The monoisotopic (exact) mass is 1310 g/mol. The van der Waals surface area contributed by atoms with Crippen molar-refractivity contribution < 1.29 is 42.9 Å². The molecule has 548 valence electrons. The van der Waals surface area contributed by atoms with Crippen molar-refractivity contribution in [1.29, 1.82) is 0 Å². The highest BCUT2D eigenvalue weighted by molar-refractivity contribution is 5.70. The zero-order valence-electron chi connectivity index (χ0n) is 62.9. The Morgan fingerprint density at radius 3 is 0.860 bits per heavy atom. The Morgan fingerprint density at radius 2 is 0.581 bits per heavy atom. The molecule has 2 atom stereocenters. The molecule has 0 aromatic carbocycles. The molecule has 0 spiro atoms. The van der Waals surface area contributed by atoms with Gasteiger partial charge in [0.2, 0.25) is 0 Å². The molecule has 0 rings (SSSR count). The van der Waals surface area contributed by atoms with Crippen molar-refractivity contribution in [2.45, 2.75) is 437 Å². The van der Waals surface area contributed by atoms with Crippen LogP contribution >= 0.6 is 0 Å². The number of likely N-dealkylation sites (N-methyl/N-ethyl adjacent to an activating group) is 1. The highest BCUT2D eigenvalue weighted by Crippen LogP contribution is 2.20. The molecule has 0 aliphatic rings. The first-order valence-electron chi connectivity index (χ1n) is 41.1. The van der Waals surface area contributed by atoms with Crippen LogP contribution in [0, 0.1) is 0 Å². The molecule has 0 saturated heterocycles. The van der Waals surface area contributed by atoms with Crippen LogP contribution in [0.15, 0.2) is 36.5 Å². The van der Waals surface area contributed by atoms with Gasteiger partial charge in [-0.2, -0.15) is 0 Å². The molecule has 0 N–H and O–H groups in total. The number of nitrogens with zero attached hydrogens (tertiary/aromatic N) is 1. The Labute approximate surface area is 579 Å². The number of carbonyl (C=O) groups is 3. The number of carbonyl (C=O) groups excluding carboxylic acids is 3. The van der Waals surface area contributed by atoms with Gasteiger partial charge >= 0.3 is 11.9 Å². The summed E-state index contributed by atoms with van der Waals surface area (Å²) in [5.74, 6) is -2.25. The van der Waals surface area contributed by atoms with Crippen molar-refractivity contribution in [3.05, 3.63) is 36.5 Å². The molecule has 93 heavy (non-hydrogen) atoms. The van der Waals surface area contributed by atoms with Crippen LogP contribution in [-0.4, -0.2) is 82.3 Å². The highest BCUT2D eigenvalue weighted by Gasteiger charge is 2.22. The Morgan fingerprint density at radius 1 is 0.323 bits per heavy atom. The van der Waals surface area contributed by atoms with Crippen molar-refractivity contribution in [2.75, 3.05) is 47.5 Å². The van der Waals surface area contributed by atoms with Gasteiger partial charge in [-0.1, -0.05) is 378 Å². The third-order valence-electron chi connectivity index (χ3n) is 18.9. The second-order valence-corrected chi connectivity index (χ2v) is 29.4. The molecule has 0 saturated carbocycles. The number of unbranched alkanes of at least 4 members (excludes halogenated alkanes) is 57. The lowest BCUT2D eigenvalue weighted by molar-refractivity contribution is -0.870. The summed E-state index contributed by atoms with van der Waals surface area (Å²) in [7, 11) is 5.95. The normalized spacial score (nSPS) is 12.7. The van der Waals surface area contributed by atoms with E-state index in [0.717, 1.165) is 44.9 Å². The van der Waals surface area contributed by atoms with E-state index in [-0.39, 0.29) is 32.2 Å². The minimum absolute atomic E-state index is 0.151. The molecular formula is C84H159NO8. The number of hydrogen-bond acceptors (Lipinski definition) is 8. The average molecular weight is 1310 g/mol. The van der Waals surface area contributed by atoms with E-state index in [1.165, 1.54) is 353 Å². The van der Waals surface area contributed by atoms with E-state index < -0.39 is 24.3 Å². The molecule has 0 heterocycles. The third-order valence-corrected chi connectivity index (χ3v) is 18.9. The van der Waals surface area contributed by atoms with Gasteiger partial charge in [0.05, 0.1) is 40.3 Å². The average Bonchev–Trinajstić information content (AvgIpc) is 3.38. The molecule has 0 radical (unpaired) electrons. The Kier molecular flexibility index (Phi) is 73.3. The topological polar surface area (TPSA) is 111 Å². The lowest BCUT2D eigenvalue weighted by atomic mass is 10.0. The molecular weight excluding hydrogens is 1150 g/mol. The van der Waals surface area contributed by atoms with E-state index in [0.29, 0.717) is 17.4 Å². The second kappa shape index (κ2) is 75.3. The minimum atomic E-state index is -1.62. The van der Waals surface area contributed by atoms with Gasteiger partial charge < -0.3 is 33.3 Å². The van der Waals surface area contributed by atoms with E-state index in [1.807, 2.05) is 21.1 Å². The number of carboxylic acids is 1. The van der Waals surface area contributed by atoms with Crippen molar-refractivity contribution in [1.82, 2.24) is 0 Å². The summed E-state index contributed by atoms with van der Waals surface area (Å²) in [5.41, 5.74) is 0. The summed E-state index contributed by atoms with van der Waals surface area (Å²) in [5, 5.41) is 11.9. The molecule has 0 aliphatic heterocycles. The van der Waals surface area contributed by atoms with Gasteiger partial charge in [0.25, 0.3) is 0 Å². The maximum absolute atomic E-state index is 13.0. The zero-order valence-corrected chi connectivity index (χ0v) is 62.9. The predicted molar refractivity (Wildman–Crippen MR) is 399 cm³/mol. The summed E-state index contributed by atoms with van der Waals surface area (Å²) in [6, 6.07) is 0. The van der Waals surface area contributed by atoms with Crippen molar-refractivity contribution in [3.8, 4) is 0 Å². The summed E-state index contributed by atoms with van der Waals surface area (Å²) in [4.78, 5) is 37.6. The Balaban J connectivity index is 3.94. The van der Waals surface area contributed by atoms with E-state index in [1.54, 1.807) is 0 Å². The van der Waals surface area contributed by atoms with E-state index in [2.05, 4.69) is 50.3 Å². The minimum Gasteiger partial charge on any atom is -0.545 e. The van der Waals surface area contributed by atoms with Gasteiger partial charge in [-0.05, 0) is 70.6 Å². The molecule has 0 aliphatic carbocycles. The van der Waals surface area contributed by atoms with Gasteiger partial charge in [0, 0.05) is 12.8 Å². The van der Waals surface area contributed by atoms with Crippen LogP contribution in [0.1, 0.15) is 425 Å². The fraction of sp³-hybridized carbons (Fsp3) is 0.893. The van der Waals surface area contributed by atoms with Crippen LogP contribution in [0.4, 0.5) is 0 Å². The highest BCUT2D eigenvalue weighted by atomic mass is 16.7. The van der Waals surface area contributed by atoms with Crippen LogP contribution in [0.5, 0.6) is 0 Å². The fourth-order valence-electron chi connectivity index (χ4n) is 12.6. The Bertz CT molecular complexity index is 1620. The van der Waals surface area contributed by atoms with Gasteiger partial charge in [0.15, 0.2) is 12.4 Å².